The van der Waals surface area contributed by atoms with Gasteiger partial charge in [-0.3, -0.25) is 4.79 Å². The summed E-state index contributed by atoms with van der Waals surface area (Å²) in [6.07, 6.45) is 6.00. The highest BCUT2D eigenvalue weighted by Crippen LogP contribution is 2.31. The molecule has 0 radical (unpaired) electrons. The third-order valence-corrected chi connectivity index (χ3v) is 3.36. The fraction of sp³-hybridized carbons (Fsp3) is 0.368. The fourth-order valence-electron chi connectivity index (χ4n) is 2.00. The van der Waals surface area contributed by atoms with Gasteiger partial charge in [-0.15, -0.1) is 0 Å². The summed E-state index contributed by atoms with van der Waals surface area (Å²) in [6, 6.07) is 5.15. The van der Waals surface area contributed by atoms with Crippen molar-refractivity contribution in [3.8, 4) is 0 Å². The Labute approximate surface area is 152 Å². The van der Waals surface area contributed by atoms with Gasteiger partial charge in [-0.1, -0.05) is 24.3 Å². The Morgan fingerprint density at radius 1 is 1.19 bits per heavy atom. The highest BCUT2D eigenvalue weighted by atomic mass is 16.6. The molecule has 26 heavy (non-hydrogen) atoms. The molecule has 7 nitrogen and oxygen atoms in total. The van der Waals surface area contributed by atoms with Gasteiger partial charge in [0.25, 0.3) is 0 Å². The summed E-state index contributed by atoms with van der Waals surface area (Å²) in [7, 11) is 0. The minimum Gasteiger partial charge on any atom is -0.481 e. The molecule has 0 aromatic carbocycles. The quantitative estimate of drug-likeness (QED) is 0.795. The number of aromatic nitrogens is 1. The van der Waals surface area contributed by atoms with Crippen LogP contribution in [0.2, 0.25) is 0 Å². The normalized spacial score (nSPS) is 18.8. The number of hydrogen-bond acceptors (Lipinski definition) is 5. The predicted octanol–water partition coefficient (Wildman–Crippen LogP) is 3.09. The average molecular weight is 361 g/mol. The Kier molecular flexibility index (Phi) is 6.83. The maximum Gasteiger partial charge on any atom is 0.357 e. The molecule has 0 fully saturated rings. The largest absolute Gasteiger partial charge is 0.481 e. The van der Waals surface area contributed by atoms with Gasteiger partial charge in [-0.2, -0.15) is 0 Å². The van der Waals surface area contributed by atoms with Crippen LogP contribution in [0.3, 0.4) is 0 Å². The number of rotatable bonds is 3. The number of carbonyl (C=O) groups excluding carboxylic acids is 1. The van der Waals surface area contributed by atoms with E-state index in [0.29, 0.717) is 5.69 Å². The van der Waals surface area contributed by atoms with E-state index < -0.39 is 23.0 Å². The van der Waals surface area contributed by atoms with Crippen LogP contribution < -0.4 is 0 Å². The molecule has 2 N–H and O–H groups in total. The van der Waals surface area contributed by atoms with E-state index in [1.54, 1.807) is 24.4 Å². The molecule has 1 atom stereocenters. The molecular weight excluding hydrogens is 338 g/mol. The van der Waals surface area contributed by atoms with E-state index in [0.717, 1.165) is 0 Å². The van der Waals surface area contributed by atoms with Crippen LogP contribution in [0.4, 0.5) is 0 Å². The number of esters is 1. The standard InChI is InChI=1S/C10H13NO2.C9H10O4/c1-10(2,3)13-9(12)8-6-4-5-7-11-8;1-9(8(12)13)4-2-3-6(5-9)7(10)11/h4-7H,1-3H3;2-4H,5H2,1H3,(H,10,11)(H,12,13). The SMILES string of the molecule is CC(C)(C)OC(=O)c1ccccn1.CC1(C(=O)O)C=CC=C(C(=O)O)C1. The third kappa shape index (κ3) is 6.51. The Bertz CT molecular complexity index is 730. The van der Waals surface area contributed by atoms with Crippen molar-refractivity contribution in [3.63, 3.8) is 0 Å². The van der Waals surface area contributed by atoms with Crippen molar-refractivity contribution < 1.29 is 29.3 Å². The monoisotopic (exact) mass is 361 g/mol. The first-order valence-electron chi connectivity index (χ1n) is 7.94. The lowest BCUT2D eigenvalue weighted by Gasteiger charge is -2.23. The van der Waals surface area contributed by atoms with Crippen molar-refractivity contribution in [1.82, 2.24) is 4.98 Å². The Hall–Kier alpha value is -2.96. The molecule has 0 amide bonds. The van der Waals surface area contributed by atoms with E-state index in [1.165, 1.54) is 25.2 Å². The van der Waals surface area contributed by atoms with Gasteiger partial charge in [0.2, 0.25) is 0 Å². The number of carboxylic acid groups (broad SMARTS) is 2. The highest BCUT2D eigenvalue weighted by Gasteiger charge is 2.34. The first kappa shape index (κ1) is 21.1. The summed E-state index contributed by atoms with van der Waals surface area (Å²) in [5, 5.41) is 17.5. The van der Waals surface area contributed by atoms with Crippen LogP contribution in [0, 0.1) is 5.41 Å². The summed E-state index contributed by atoms with van der Waals surface area (Å²) in [5.41, 5.74) is -1.07. The van der Waals surface area contributed by atoms with Gasteiger partial charge in [-0.05, 0) is 46.2 Å². The molecule has 1 unspecified atom stereocenters. The second-order valence-electron chi connectivity index (χ2n) is 6.97. The van der Waals surface area contributed by atoms with Gasteiger partial charge < -0.3 is 14.9 Å². The number of pyridine rings is 1. The lowest BCUT2D eigenvalue weighted by atomic mass is 9.80. The van der Waals surface area contributed by atoms with Crippen LogP contribution >= 0.6 is 0 Å². The molecule has 1 aromatic rings. The molecule has 0 saturated heterocycles. The predicted molar refractivity (Wildman–Crippen MR) is 94.6 cm³/mol. The number of ether oxygens (including phenoxy) is 1. The van der Waals surface area contributed by atoms with Gasteiger partial charge >= 0.3 is 17.9 Å². The summed E-state index contributed by atoms with van der Waals surface area (Å²) < 4.78 is 5.12. The lowest BCUT2D eigenvalue weighted by Crippen LogP contribution is -2.28. The van der Waals surface area contributed by atoms with Crippen molar-refractivity contribution in [1.29, 1.82) is 0 Å². The first-order valence-corrected chi connectivity index (χ1v) is 7.94. The number of carboxylic acids is 2. The fourth-order valence-corrected chi connectivity index (χ4v) is 2.00. The van der Waals surface area contributed by atoms with Gasteiger partial charge in [0.1, 0.15) is 11.3 Å². The summed E-state index contributed by atoms with van der Waals surface area (Å²) in [6.45, 7) is 6.98. The van der Waals surface area contributed by atoms with E-state index in [4.69, 9.17) is 14.9 Å². The van der Waals surface area contributed by atoms with Crippen LogP contribution in [0.1, 0.15) is 44.6 Å². The van der Waals surface area contributed by atoms with E-state index in [-0.39, 0.29) is 18.0 Å². The molecule has 0 spiro atoms. The van der Waals surface area contributed by atoms with Crippen molar-refractivity contribution in [3.05, 3.63) is 53.9 Å². The zero-order valence-corrected chi connectivity index (χ0v) is 15.2. The maximum atomic E-state index is 11.4. The van der Waals surface area contributed by atoms with Gasteiger partial charge in [-0.25, -0.2) is 14.6 Å². The van der Waals surface area contributed by atoms with E-state index >= 15 is 0 Å². The van der Waals surface area contributed by atoms with E-state index in [1.807, 2.05) is 20.8 Å². The molecule has 1 aromatic heterocycles. The third-order valence-electron chi connectivity index (χ3n) is 3.36. The second-order valence-corrected chi connectivity index (χ2v) is 6.97. The zero-order valence-electron chi connectivity index (χ0n) is 15.2. The summed E-state index contributed by atoms with van der Waals surface area (Å²) in [5.74, 6) is -2.44. The van der Waals surface area contributed by atoms with Crippen LogP contribution in [0.5, 0.6) is 0 Å². The van der Waals surface area contributed by atoms with Gasteiger partial charge in [0.15, 0.2) is 0 Å². The van der Waals surface area contributed by atoms with E-state index in [2.05, 4.69) is 4.98 Å². The molecule has 1 heterocycles. The van der Waals surface area contributed by atoms with Crippen LogP contribution in [0.15, 0.2) is 48.2 Å². The number of carbonyl (C=O) groups is 3. The van der Waals surface area contributed by atoms with E-state index in [9.17, 15) is 14.4 Å². The number of nitrogens with zero attached hydrogens (tertiary/aromatic N) is 1. The number of hydrogen-bond donors (Lipinski definition) is 2. The minimum absolute atomic E-state index is 0.0359. The van der Waals surface area contributed by atoms with Crippen LogP contribution in [-0.4, -0.2) is 38.7 Å². The van der Waals surface area contributed by atoms with Crippen molar-refractivity contribution in [2.24, 2.45) is 5.41 Å². The number of allylic oxidation sites excluding steroid dienone is 2. The first-order chi connectivity index (χ1) is 11.9. The van der Waals surface area contributed by atoms with Crippen LogP contribution in [0.25, 0.3) is 0 Å². The molecule has 0 aliphatic heterocycles. The molecule has 140 valence electrons. The molecular formula is C19H23NO6. The smallest absolute Gasteiger partial charge is 0.357 e. The molecule has 2 rings (SSSR count). The van der Waals surface area contributed by atoms with Crippen molar-refractivity contribution in [2.45, 2.75) is 39.7 Å². The molecule has 7 heteroatoms. The second kappa shape index (κ2) is 8.42. The summed E-state index contributed by atoms with van der Waals surface area (Å²) in [4.78, 5) is 36.6. The summed E-state index contributed by atoms with van der Waals surface area (Å²) >= 11 is 0. The minimum atomic E-state index is -1.08. The molecule has 0 bridgehead atoms. The van der Waals surface area contributed by atoms with Gasteiger partial charge in [0, 0.05) is 11.8 Å². The molecule has 1 aliphatic rings. The number of aliphatic carboxylic acids is 2. The van der Waals surface area contributed by atoms with Crippen molar-refractivity contribution >= 4 is 17.9 Å². The van der Waals surface area contributed by atoms with Gasteiger partial charge in [0.05, 0.1) is 5.41 Å². The Balaban J connectivity index is 0.000000260. The Morgan fingerprint density at radius 2 is 1.85 bits per heavy atom. The zero-order chi connectivity index (χ0) is 20.0. The van der Waals surface area contributed by atoms with Crippen LogP contribution in [-0.2, 0) is 14.3 Å². The molecule has 1 aliphatic carbocycles. The highest BCUT2D eigenvalue weighted by molar-refractivity contribution is 5.90. The maximum absolute atomic E-state index is 11.4. The Morgan fingerprint density at radius 3 is 2.31 bits per heavy atom. The molecule has 0 saturated carbocycles. The van der Waals surface area contributed by atoms with Crippen molar-refractivity contribution in [2.75, 3.05) is 0 Å². The average Bonchev–Trinajstić information content (AvgIpc) is 2.54. The lowest BCUT2D eigenvalue weighted by molar-refractivity contribution is -0.145. The topological polar surface area (TPSA) is 114 Å².